The van der Waals surface area contributed by atoms with E-state index in [-0.39, 0.29) is 34.3 Å². The van der Waals surface area contributed by atoms with Crippen LogP contribution in [0.1, 0.15) is 42.6 Å². The molecule has 0 spiro atoms. The van der Waals surface area contributed by atoms with Crippen LogP contribution in [0.25, 0.3) is 0 Å². The van der Waals surface area contributed by atoms with Crippen molar-refractivity contribution in [2.75, 3.05) is 23.7 Å². The minimum atomic E-state index is -0.656. The predicted molar refractivity (Wildman–Crippen MR) is 123 cm³/mol. The number of phenols is 1. The Balaban J connectivity index is 0.00000132. The summed E-state index contributed by atoms with van der Waals surface area (Å²) < 4.78 is 0. The molecule has 1 aliphatic heterocycles. The van der Waals surface area contributed by atoms with Crippen molar-refractivity contribution in [3.63, 3.8) is 0 Å². The second-order valence-corrected chi connectivity index (χ2v) is 7.07. The Bertz CT molecular complexity index is 1110. The first-order chi connectivity index (χ1) is 15.1. The van der Waals surface area contributed by atoms with Gasteiger partial charge in [0.25, 0.3) is 16.8 Å². The molecule has 4 rings (SSSR count). The van der Waals surface area contributed by atoms with Gasteiger partial charge in [0.2, 0.25) is 0 Å². The van der Waals surface area contributed by atoms with Crippen molar-refractivity contribution in [3.05, 3.63) is 80.1 Å². The van der Waals surface area contributed by atoms with E-state index in [2.05, 4.69) is 10.6 Å². The van der Waals surface area contributed by atoms with Gasteiger partial charge in [-0.15, -0.1) is 0 Å². The summed E-state index contributed by atoms with van der Waals surface area (Å²) in [7, 11) is 0. The van der Waals surface area contributed by atoms with Crippen LogP contribution in [-0.4, -0.2) is 29.0 Å². The number of para-hydroxylation sites is 1. The van der Waals surface area contributed by atoms with Gasteiger partial charge in [-0.05, 0) is 30.5 Å². The molecule has 162 valence electrons. The summed E-state index contributed by atoms with van der Waals surface area (Å²) in [5.74, 6) is -0.470. The molecule has 0 aliphatic carbocycles. The van der Waals surface area contributed by atoms with E-state index in [0.717, 1.165) is 18.4 Å². The topological polar surface area (TPSA) is 98.7 Å². The molecule has 0 radical (unpaired) electrons. The van der Waals surface area contributed by atoms with E-state index in [9.17, 15) is 19.5 Å². The first-order valence-electron chi connectivity index (χ1n) is 10.6. The van der Waals surface area contributed by atoms with Crippen LogP contribution in [0.4, 0.5) is 17.1 Å². The van der Waals surface area contributed by atoms with Crippen LogP contribution in [0, 0.1) is 0 Å². The fourth-order valence-electron chi connectivity index (χ4n) is 3.51. The Morgan fingerprint density at radius 1 is 0.935 bits per heavy atom. The standard InChI is InChI=1S/C22H21N3O4.C2H6/c26-19-15(22(29)25-11-4-5-12-25)9-6-10-16(19)24-18-17(20(27)21(18)28)23-13-14-7-2-1-3-8-14;1-2/h1-3,6-10,23-24,26H,4-5,11-13H2;1-2H3. The van der Waals surface area contributed by atoms with Crippen molar-refractivity contribution in [1.82, 2.24) is 4.90 Å². The maximum absolute atomic E-state index is 12.6. The number of carbonyl (C=O) groups is 1. The van der Waals surface area contributed by atoms with Crippen LogP contribution in [-0.2, 0) is 6.54 Å². The van der Waals surface area contributed by atoms with E-state index in [1.165, 1.54) is 0 Å². The predicted octanol–water partition coefficient (Wildman–Crippen LogP) is 3.61. The quantitative estimate of drug-likeness (QED) is 0.415. The van der Waals surface area contributed by atoms with Gasteiger partial charge in [0.05, 0.1) is 11.3 Å². The minimum Gasteiger partial charge on any atom is -0.505 e. The average Bonchev–Trinajstić information content (AvgIpc) is 3.36. The van der Waals surface area contributed by atoms with E-state index in [0.29, 0.717) is 19.6 Å². The van der Waals surface area contributed by atoms with E-state index in [4.69, 9.17) is 0 Å². The summed E-state index contributed by atoms with van der Waals surface area (Å²) in [5.41, 5.74) is 0.358. The highest BCUT2D eigenvalue weighted by molar-refractivity contribution is 5.99. The number of phenolic OH excluding ortho intramolecular Hbond substituents is 1. The van der Waals surface area contributed by atoms with Gasteiger partial charge in [-0.25, -0.2) is 0 Å². The fraction of sp³-hybridized carbons (Fsp3) is 0.292. The number of nitrogens with one attached hydrogen (secondary N) is 2. The van der Waals surface area contributed by atoms with E-state index < -0.39 is 10.9 Å². The van der Waals surface area contributed by atoms with Gasteiger partial charge in [-0.3, -0.25) is 14.4 Å². The highest BCUT2D eigenvalue weighted by Gasteiger charge is 2.25. The number of hydrogen-bond acceptors (Lipinski definition) is 6. The van der Waals surface area contributed by atoms with Gasteiger partial charge < -0.3 is 20.6 Å². The molecule has 0 bridgehead atoms. The second kappa shape index (κ2) is 9.93. The van der Waals surface area contributed by atoms with Crippen LogP contribution in [0.3, 0.4) is 0 Å². The highest BCUT2D eigenvalue weighted by atomic mass is 16.3. The zero-order valence-corrected chi connectivity index (χ0v) is 17.8. The second-order valence-electron chi connectivity index (χ2n) is 7.07. The molecule has 31 heavy (non-hydrogen) atoms. The summed E-state index contributed by atoms with van der Waals surface area (Å²) in [5, 5.41) is 16.4. The molecule has 3 aromatic rings. The molecule has 1 heterocycles. The van der Waals surface area contributed by atoms with Gasteiger partial charge in [0.1, 0.15) is 11.4 Å². The third-order valence-electron chi connectivity index (χ3n) is 5.14. The molecule has 0 unspecified atom stereocenters. The average molecular weight is 421 g/mol. The van der Waals surface area contributed by atoms with E-state index in [1.807, 2.05) is 44.2 Å². The first-order valence-corrected chi connectivity index (χ1v) is 10.6. The van der Waals surface area contributed by atoms with Crippen molar-refractivity contribution >= 4 is 23.0 Å². The van der Waals surface area contributed by atoms with Gasteiger partial charge >= 0.3 is 0 Å². The Hall–Kier alpha value is -3.61. The Morgan fingerprint density at radius 2 is 1.58 bits per heavy atom. The zero-order valence-electron chi connectivity index (χ0n) is 17.8. The molecule has 7 nitrogen and oxygen atoms in total. The lowest BCUT2D eigenvalue weighted by Gasteiger charge is -2.19. The Kier molecular flexibility index (Phi) is 7.07. The number of amides is 1. The third-order valence-corrected chi connectivity index (χ3v) is 5.14. The molecular formula is C24H27N3O4. The fourth-order valence-corrected chi connectivity index (χ4v) is 3.51. The monoisotopic (exact) mass is 421 g/mol. The van der Waals surface area contributed by atoms with Crippen LogP contribution in [0.2, 0.25) is 0 Å². The van der Waals surface area contributed by atoms with Gasteiger partial charge in [0, 0.05) is 19.6 Å². The number of benzene rings is 2. The van der Waals surface area contributed by atoms with Crippen LogP contribution in [0.15, 0.2) is 58.1 Å². The zero-order chi connectivity index (χ0) is 22.4. The number of likely N-dealkylation sites (tertiary alicyclic amines) is 1. The molecular weight excluding hydrogens is 394 g/mol. The highest BCUT2D eigenvalue weighted by Crippen LogP contribution is 2.32. The largest absolute Gasteiger partial charge is 0.505 e. The van der Waals surface area contributed by atoms with Gasteiger partial charge in [-0.2, -0.15) is 0 Å². The van der Waals surface area contributed by atoms with Gasteiger partial charge in [0.15, 0.2) is 5.75 Å². The molecule has 0 aromatic heterocycles. The minimum absolute atomic E-state index is 0.0898. The maximum atomic E-state index is 12.6. The Morgan fingerprint density at radius 3 is 2.26 bits per heavy atom. The molecule has 7 heteroatoms. The van der Waals surface area contributed by atoms with Crippen molar-refractivity contribution in [2.45, 2.75) is 33.2 Å². The smallest absolute Gasteiger partial charge is 0.257 e. The number of rotatable bonds is 6. The number of carbonyl (C=O) groups excluding carboxylic acids is 1. The summed E-state index contributed by atoms with van der Waals surface area (Å²) in [4.78, 5) is 38.4. The van der Waals surface area contributed by atoms with Crippen LogP contribution < -0.4 is 21.5 Å². The molecule has 0 saturated carbocycles. The lowest BCUT2D eigenvalue weighted by molar-refractivity contribution is 0.0790. The van der Waals surface area contributed by atoms with Crippen molar-refractivity contribution in [3.8, 4) is 5.75 Å². The molecule has 1 saturated heterocycles. The molecule has 1 fully saturated rings. The van der Waals surface area contributed by atoms with Crippen LogP contribution >= 0.6 is 0 Å². The number of anilines is 3. The SMILES string of the molecule is CC.O=C(c1cccc(Nc2c(NCc3ccccc3)c(=O)c2=O)c1O)N1CCCC1. The molecule has 1 aliphatic rings. The summed E-state index contributed by atoms with van der Waals surface area (Å²) in [6.07, 6.45) is 1.90. The molecule has 0 atom stereocenters. The normalized spacial score (nSPS) is 12.9. The van der Waals surface area contributed by atoms with Crippen LogP contribution in [0.5, 0.6) is 5.75 Å². The summed E-state index contributed by atoms with van der Waals surface area (Å²) in [6, 6.07) is 14.2. The van der Waals surface area contributed by atoms with Gasteiger partial charge in [-0.1, -0.05) is 50.2 Å². The molecule has 1 amide bonds. The van der Waals surface area contributed by atoms with Crippen molar-refractivity contribution in [1.29, 1.82) is 0 Å². The number of aromatic hydroxyl groups is 1. The number of nitrogens with zero attached hydrogens (tertiary/aromatic N) is 1. The summed E-state index contributed by atoms with van der Waals surface area (Å²) in [6.45, 7) is 5.73. The van der Waals surface area contributed by atoms with E-state index >= 15 is 0 Å². The Labute approximate surface area is 181 Å². The van der Waals surface area contributed by atoms with Crippen molar-refractivity contribution < 1.29 is 9.90 Å². The third kappa shape index (κ3) is 4.60. The van der Waals surface area contributed by atoms with Crippen molar-refractivity contribution in [2.24, 2.45) is 0 Å². The maximum Gasteiger partial charge on any atom is 0.257 e. The summed E-state index contributed by atoms with van der Waals surface area (Å²) >= 11 is 0. The lowest BCUT2D eigenvalue weighted by Crippen LogP contribution is -2.36. The first kappa shape index (κ1) is 22.1. The number of hydrogen-bond donors (Lipinski definition) is 3. The molecule has 3 aromatic carbocycles. The molecule has 3 N–H and O–H groups in total. The lowest BCUT2D eigenvalue weighted by atomic mass is 10.1. The van der Waals surface area contributed by atoms with E-state index in [1.54, 1.807) is 23.1 Å².